The first kappa shape index (κ1) is 14.9. The van der Waals surface area contributed by atoms with Gasteiger partial charge in [0, 0.05) is 0 Å². The number of alkyl halides is 5. The van der Waals surface area contributed by atoms with Crippen molar-refractivity contribution in [3.8, 4) is 5.75 Å². The van der Waals surface area contributed by atoms with Gasteiger partial charge in [0.25, 0.3) is 6.43 Å². The van der Waals surface area contributed by atoms with Crippen LogP contribution in [0.2, 0.25) is 0 Å². The number of carbonyl (C=O) groups excluding carboxylic acids is 1. The predicted octanol–water partition coefficient (Wildman–Crippen LogP) is 4.25. The third-order valence-electron chi connectivity index (χ3n) is 2.13. The van der Waals surface area contributed by atoms with Crippen LogP contribution in [0.25, 0.3) is 0 Å². The maximum atomic E-state index is 12.7. The SMILES string of the molecule is CC(=O)C(Br)c1ccc(OC(F)F)c(C(F)F)c1. The molecular formula is C11H9BrF4O2. The molecule has 0 aliphatic heterocycles. The van der Waals surface area contributed by atoms with E-state index in [1.165, 1.54) is 13.0 Å². The smallest absolute Gasteiger partial charge is 0.387 e. The molecule has 0 fully saturated rings. The minimum Gasteiger partial charge on any atom is -0.434 e. The minimum atomic E-state index is -3.18. The second-order valence-corrected chi connectivity index (χ2v) is 4.37. The third kappa shape index (κ3) is 3.69. The highest BCUT2D eigenvalue weighted by molar-refractivity contribution is 9.09. The first-order chi connectivity index (χ1) is 8.32. The Morgan fingerprint density at radius 1 is 1.28 bits per heavy atom. The number of ether oxygens (including phenoxy) is 1. The molecule has 0 saturated heterocycles. The van der Waals surface area contributed by atoms with Crippen LogP contribution in [0.4, 0.5) is 17.6 Å². The summed E-state index contributed by atoms with van der Waals surface area (Å²) >= 11 is 3.03. The highest BCUT2D eigenvalue weighted by atomic mass is 79.9. The number of halogens is 5. The summed E-state index contributed by atoms with van der Waals surface area (Å²) in [5, 5.41) is 0. The van der Waals surface area contributed by atoms with E-state index in [-0.39, 0.29) is 11.3 Å². The van der Waals surface area contributed by atoms with Crippen LogP contribution >= 0.6 is 15.9 Å². The van der Waals surface area contributed by atoms with E-state index in [2.05, 4.69) is 20.7 Å². The number of ketones is 1. The van der Waals surface area contributed by atoms with Crippen molar-refractivity contribution in [1.82, 2.24) is 0 Å². The zero-order valence-electron chi connectivity index (χ0n) is 9.17. The highest BCUT2D eigenvalue weighted by Crippen LogP contribution is 2.34. The Bertz CT molecular complexity index is 437. The van der Waals surface area contributed by atoms with Gasteiger partial charge < -0.3 is 4.74 Å². The van der Waals surface area contributed by atoms with E-state index in [0.29, 0.717) is 0 Å². The minimum absolute atomic E-state index is 0.263. The van der Waals surface area contributed by atoms with Crippen LogP contribution in [0.5, 0.6) is 5.75 Å². The maximum absolute atomic E-state index is 12.7. The molecule has 0 spiro atoms. The standard InChI is InChI=1S/C11H9BrF4O2/c1-5(17)9(12)6-2-3-8(18-11(15)16)7(4-6)10(13)14/h2-4,9-11H,1H3. The molecule has 7 heteroatoms. The van der Waals surface area contributed by atoms with Gasteiger partial charge in [-0.3, -0.25) is 4.79 Å². The highest BCUT2D eigenvalue weighted by Gasteiger charge is 2.21. The van der Waals surface area contributed by atoms with Crippen molar-refractivity contribution in [1.29, 1.82) is 0 Å². The molecule has 1 aromatic carbocycles. The largest absolute Gasteiger partial charge is 0.434 e. The molecule has 0 radical (unpaired) electrons. The van der Waals surface area contributed by atoms with Gasteiger partial charge in [-0.1, -0.05) is 22.0 Å². The van der Waals surface area contributed by atoms with Crippen LogP contribution in [-0.4, -0.2) is 12.4 Å². The Balaban J connectivity index is 3.14. The van der Waals surface area contributed by atoms with E-state index in [4.69, 9.17) is 0 Å². The van der Waals surface area contributed by atoms with Crippen molar-refractivity contribution in [2.24, 2.45) is 0 Å². The Kier molecular flexibility index (Phi) is 5.13. The maximum Gasteiger partial charge on any atom is 0.387 e. The Morgan fingerprint density at radius 2 is 1.89 bits per heavy atom. The van der Waals surface area contributed by atoms with Gasteiger partial charge in [0.15, 0.2) is 0 Å². The fourth-order valence-electron chi connectivity index (χ4n) is 1.33. The lowest BCUT2D eigenvalue weighted by molar-refractivity contribution is -0.116. The number of hydrogen-bond donors (Lipinski definition) is 0. The molecule has 18 heavy (non-hydrogen) atoms. The first-order valence-corrected chi connectivity index (χ1v) is 5.75. The molecule has 0 heterocycles. The van der Waals surface area contributed by atoms with Crippen LogP contribution in [-0.2, 0) is 4.79 Å². The number of rotatable bonds is 5. The van der Waals surface area contributed by atoms with Crippen LogP contribution in [0, 0.1) is 0 Å². The van der Waals surface area contributed by atoms with E-state index in [1.54, 1.807) is 0 Å². The van der Waals surface area contributed by atoms with Crippen molar-refractivity contribution < 1.29 is 27.1 Å². The number of benzene rings is 1. The van der Waals surface area contributed by atoms with Gasteiger partial charge in [-0.25, -0.2) is 8.78 Å². The summed E-state index contributed by atoms with van der Waals surface area (Å²) in [5.41, 5.74) is -0.405. The summed E-state index contributed by atoms with van der Waals surface area (Å²) in [7, 11) is 0. The van der Waals surface area contributed by atoms with Gasteiger partial charge in [-0.2, -0.15) is 8.78 Å². The van der Waals surface area contributed by atoms with Crippen molar-refractivity contribution >= 4 is 21.7 Å². The Hall–Kier alpha value is -1.11. The molecule has 1 aromatic rings. The monoisotopic (exact) mass is 328 g/mol. The zero-order valence-corrected chi connectivity index (χ0v) is 10.8. The van der Waals surface area contributed by atoms with Crippen molar-refractivity contribution in [2.75, 3.05) is 0 Å². The Labute approximate surface area is 109 Å². The summed E-state index contributed by atoms with van der Waals surface area (Å²) in [4.78, 5) is 10.3. The van der Waals surface area contributed by atoms with E-state index in [9.17, 15) is 22.4 Å². The second kappa shape index (κ2) is 6.17. The molecule has 1 atom stereocenters. The van der Waals surface area contributed by atoms with Gasteiger partial charge in [0.2, 0.25) is 0 Å². The van der Waals surface area contributed by atoms with Crippen molar-refractivity contribution in [3.63, 3.8) is 0 Å². The quantitative estimate of drug-likeness (QED) is 0.596. The number of hydrogen-bond acceptors (Lipinski definition) is 2. The molecule has 0 bridgehead atoms. The molecule has 100 valence electrons. The molecule has 0 aromatic heterocycles. The van der Waals surface area contributed by atoms with E-state index < -0.39 is 29.2 Å². The summed E-state index contributed by atoms with van der Waals surface area (Å²) in [6.07, 6.45) is -2.97. The molecule has 0 N–H and O–H groups in total. The third-order valence-corrected chi connectivity index (χ3v) is 3.31. The van der Waals surface area contributed by atoms with Crippen molar-refractivity contribution in [3.05, 3.63) is 29.3 Å². The molecule has 0 amide bonds. The second-order valence-electron chi connectivity index (χ2n) is 3.45. The first-order valence-electron chi connectivity index (χ1n) is 4.84. The lowest BCUT2D eigenvalue weighted by Crippen LogP contribution is -2.07. The van der Waals surface area contributed by atoms with Gasteiger partial charge in [-0.15, -0.1) is 0 Å². The van der Waals surface area contributed by atoms with Gasteiger partial charge >= 0.3 is 6.61 Å². The van der Waals surface area contributed by atoms with Crippen LogP contribution in [0.1, 0.15) is 29.3 Å². The van der Waals surface area contributed by atoms with E-state index >= 15 is 0 Å². The van der Waals surface area contributed by atoms with Crippen molar-refractivity contribution in [2.45, 2.75) is 24.8 Å². The average molecular weight is 329 g/mol. The van der Waals surface area contributed by atoms with E-state index in [0.717, 1.165) is 12.1 Å². The molecule has 0 saturated carbocycles. The number of Topliss-reactive ketones (excluding diaryl/α,β-unsaturated/α-hetero) is 1. The fourth-order valence-corrected chi connectivity index (χ4v) is 1.62. The molecule has 0 aliphatic carbocycles. The van der Waals surface area contributed by atoms with Crippen LogP contribution < -0.4 is 4.74 Å². The summed E-state index contributed by atoms with van der Waals surface area (Å²) in [6.45, 7) is -1.90. The van der Waals surface area contributed by atoms with Gasteiger partial charge in [0.05, 0.1) is 10.4 Å². The molecular weight excluding hydrogens is 320 g/mol. The van der Waals surface area contributed by atoms with Gasteiger partial charge in [-0.05, 0) is 24.6 Å². The molecule has 1 unspecified atom stereocenters. The lowest BCUT2D eigenvalue weighted by atomic mass is 10.1. The van der Waals surface area contributed by atoms with Gasteiger partial charge in [0.1, 0.15) is 11.5 Å². The number of carbonyl (C=O) groups is 1. The molecule has 0 aliphatic rings. The topological polar surface area (TPSA) is 26.3 Å². The van der Waals surface area contributed by atoms with Crippen LogP contribution in [0.15, 0.2) is 18.2 Å². The molecule has 1 rings (SSSR count). The Morgan fingerprint density at radius 3 is 2.33 bits per heavy atom. The lowest BCUT2D eigenvalue weighted by Gasteiger charge is -2.13. The summed E-state index contributed by atoms with van der Waals surface area (Å²) in [5.74, 6) is -0.871. The summed E-state index contributed by atoms with van der Waals surface area (Å²) in [6, 6.07) is 3.26. The molecule has 2 nitrogen and oxygen atoms in total. The predicted molar refractivity (Wildman–Crippen MR) is 60.4 cm³/mol. The van der Waals surface area contributed by atoms with E-state index in [1.807, 2.05) is 0 Å². The average Bonchev–Trinajstić information content (AvgIpc) is 2.27. The van der Waals surface area contributed by atoms with Crippen LogP contribution in [0.3, 0.4) is 0 Å². The normalized spacial score (nSPS) is 12.9. The zero-order chi connectivity index (χ0) is 13.9. The fraction of sp³-hybridized carbons (Fsp3) is 0.364. The summed E-state index contributed by atoms with van der Waals surface area (Å²) < 4.78 is 53.4.